The Balaban J connectivity index is 2.25. The average Bonchev–Trinajstić information content (AvgIpc) is 2.42. The minimum atomic E-state index is 1.04. The Morgan fingerprint density at radius 2 is 1.72 bits per heavy atom. The first-order valence-corrected chi connectivity index (χ1v) is 8.23. The molecule has 0 atom stereocenters. The third-order valence-electron chi connectivity index (χ3n) is 2.99. The van der Waals surface area contributed by atoms with Gasteiger partial charge < -0.3 is 0 Å². The van der Waals surface area contributed by atoms with Gasteiger partial charge in [-0.15, -0.1) is 11.8 Å². The lowest BCUT2D eigenvalue weighted by atomic mass is 10.1. The highest BCUT2D eigenvalue weighted by molar-refractivity contribution is 7.98. The summed E-state index contributed by atoms with van der Waals surface area (Å²) < 4.78 is 0. The zero-order valence-electron chi connectivity index (χ0n) is 11.7. The number of hydrogen-bond donors (Lipinski definition) is 0. The number of unbranched alkanes of at least 4 members (excludes halogenated alkanes) is 6. The molecule has 0 aliphatic rings. The summed E-state index contributed by atoms with van der Waals surface area (Å²) in [6, 6.07) is 8.39. The highest BCUT2D eigenvalue weighted by Crippen LogP contribution is 2.18. The van der Waals surface area contributed by atoms with Crippen LogP contribution in [0.5, 0.6) is 0 Å². The van der Waals surface area contributed by atoms with E-state index < -0.39 is 0 Å². The van der Waals surface area contributed by atoms with Crippen molar-refractivity contribution < 1.29 is 0 Å². The van der Waals surface area contributed by atoms with Crippen molar-refractivity contribution in [3.05, 3.63) is 29.8 Å². The van der Waals surface area contributed by atoms with Crippen molar-refractivity contribution in [2.24, 2.45) is 0 Å². The van der Waals surface area contributed by atoms with E-state index in [2.05, 4.69) is 49.3 Å². The Hall–Kier alpha value is -0.870. The summed E-state index contributed by atoms with van der Waals surface area (Å²) in [4.78, 5) is 1.29. The molecule has 0 N–H and O–H groups in total. The maximum atomic E-state index is 3.30. The van der Waals surface area contributed by atoms with Crippen LogP contribution >= 0.6 is 11.8 Å². The second-order valence-electron chi connectivity index (χ2n) is 4.52. The molecule has 0 heterocycles. The smallest absolute Gasteiger partial charge is 0.0381 e. The predicted octanol–water partition coefficient (Wildman–Crippen LogP) is 5.51. The molecule has 0 aliphatic heterocycles. The molecule has 0 fully saturated rings. The van der Waals surface area contributed by atoms with Gasteiger partial charge in [-0.2, -0.15) is 0 Å². The van der Waals surface area contributed by atoms with E-state index in [0.29, 0.717) is 0 Å². The van der Waals surface area contributed by atoms with Crippen molar-refractivity contribution in [2.75, 3.05) is 6.26 Å². The number of rotatable bonds is 7. The van der Waals surface area contributed by atoms with Crippen LogP contribution in [0.2, 0.25) is 0 Å². The molecule has 98 valence electrons. The van der Waals surface area contributed by atoms with Crippen molar-refractivity contribution in [3.8, 4) is 11.8 Å². The van der Waals surface area contributed by atoms with Gasteiger partial charge in [-0.3, -0.25) is 0 Å². The van der Waals surface area contributed by atoms with E-state index in [1.54, 1.807) is 11.8 Å². The fourth-order valence-electron chi connectivity index (χ4n) is 1.90. The van der Waals surface area contributed by atoms with E-state index in [4.69, 9.17) is 0 Å². The maximum Gasteiger partial charge on any atom is 0.0381 e. The molecular weight excluding hydrogens is 236 g/mol. The van der Waals surface area contributed by atoms with Crippen LogP contribution in [0.25, 0.3) is 0 Å². The Kier molecular flexibility index (Phi) is 8.51. The fraction of sp³-hybridized carbons (Fsp3) is 0.529. The van der Waals surface area contributed by atoms with Crippen LogP contribution in [-0.4, -0.2) is 6.26 Å². The lowest BCUT2D eigenvalue weighted by molar-refractivity contribution is 0.614. The first-order chi connectivity index (χ1) is 8.88. The molecule has 0 aromatic heterocycles. The minimum Gasteiger partial charge on any atom is -0.128 e. The summed E-state index contributed by atoms with van der Waals surface area (Å²) in [5.41, 5.74) is 1.18. The van der Waals surface area contributed by atoms with Crippen molar-refractivity contribution in [2.45, 2.75) is 56.8 Å². The van der Waals surface area contributed by atoms with Crippen LogP contribution < -0.4 is 0 Å². The highest BCUT2D eigenvalue weighted by atomic mass is 32.2. The highest BCUT2D eigenvalue weighted by Gasteiger charge is 1.95. The van der Waals surface area contributed by atoms with Gasteiger partial charge in [0.25, 0.3) is 0 Å². The van der Waals surface area contributed by atoms with E-state index in [9.17, 15) is 0 Å². The van der Waals surface area contributed by atoms with Gasteiger partial charge in [0.05, 0.1) is 0 Å². The van der Waals surface area contributed by atoms with Gasteiger partial charge in [-0.05, 0) is 24.8 Å². The molecule has 0 aliphatic carbocycles. The first-order valence-electron chi connectivity index (χ1n) is 7.00. The van der Waals surface area contributed by atoms with Crippen LogP contribution in [-0.2, 0) is 0 Å². The lowest BCUT2D eigenvalue weighted by Gasteiger charge is -1.99. The zero-order valence-corrected chi connectivity index (χ0v) is 12.5. The molecule has 0 spiro atoms. The number of thioether (sulfide) groups is 1. The Labute approximate surface area is 117 Å². The van der Waals surface area contributed by atoms with Gasteiger partial charge in [0, 0.05) is 16.9 Å². The molecule has 1 aromatic rings. The van der Waals surface area contributed by atoms with E-state index in [1.165, 1.54) is 49.0 Å². The van der Waals surface area contributed by atoms with Crippen molar-refractivity contribution in [1.29, 1.82) is 0 Å². The second kappa shape index (κ2) is 10.1. The molecule has 0 amide bonds. The maximum absolute atomic E-state index is 3.30. The van der Waals surface area contributed by atoms with Crippen molar-refractivity contribution >= 4 is 11.8 Å². The molecule has 0 bridgehead atoms. The van der Waals surface area contributed by atoms with Crippen molar-refractivity contribution in [1.82, 2.24) is 0 Å². The first kappa shape index (κ1) is 15.2. The monoisotopic (exact) mass is 260 g/mol. The van der Waals surface area contributed by atoms with Gasteiger partial charge in [0.1, 0.15) is 0 Å². The van der Waals surface area contributed by atoms with Crippen LogP contribution in [0.3, 0.4) is 0 Å². The van der Waals surface area contributed by atoms with Gasteiger partial charge in [-0.1, -0.05) is 63.0 Å². The quantitative estimate of drug-likeness (QED) is 0.354. The summed E-state index contributed by atoms with van der Waals surface area (Å²) in [5.74, 6) is 6.60. The zero-order chi connectivity index (χ0) is 13.1. The van der Waals surface area contributed by atoms with Gasteiger partial charge in [0.15, 0.2) is 0 Å². The fourth-order valence-corrected chi connectivity index (χ4v) is 2.45. The third kappa shape index (κ3) is 6.17. The van der Waals surface area contributed by atoms with Crippen LogP contribution in [0.4, 0.5) is 0 Å². The summed E-state index contributed by atoms with van der Waals surface area (Å²) in [6.45, 7) is 2.26. The largest absolute Gasteiger partial charge is 0.128 e. The van der Waals surface area contributed by atoms with E-state index in [1.807, 2.05) is 0 Å². The van der Waals surface area contributed by atoms with E-state index in [-0.39, 0.29) is 0 Å². The molecule has 1 heteroatoms. The van der Waals surface area contributed by atoms with Crippen LogP contribution in [0, 0.1) is 11.8 Å². The molecule has 18 heavy (non-hydrogen) atoms. The van der Waals surface area contributed by atoms with E-state index >= 15 is 0 Å². The van der Waals surface area contributed by atoms with E-state index in [0.717, 1.165) is 6.42 Å². The third-order valence-corrected chi connectivity index (χ3v) is 3.78. The van der Waals surface area contributed by atoms with Gasteiger partial charge >= 0.3 is 0 Å². The topological polar surface area (TPSA) is 0 Å². The summed E-state index contributed by atoms with van der Waals surface area (Å²) in [7, 11) is 0. The standard InChI is InChI=1S/C17H24S/c1-3-4-5-6-7-8-9-10-13-16-14-11-12-15-17(16)18-2/h11-12,14-15H,3-9H2,1-2H3. The molecule has 0 radical (unpaired) electrons. The van der Waals surface area contributed by atoms with Crippen molar-refractivity contribution in [3.63, 3.8) is 0 Å². The Morgan fingerprint density at radius 1 is 1.00 bits per heavy atom. The molecule has 1 aromatic carbocycles. The van der Waals surface area contributed by atoms with Crippen LogP contribution in [0.15, 0.2) is 29.2 Å². The Morgan fingerprint density at radius 3 is 2.50 bits per heavy atom. The Bertz CT molecular complexity index is 384. The molecule has 0 unspecified atom stereocenters. The summed E-state index contributed by atoms with van der Waals surface area (Å²) in [6.07, 6.45) is 11.2. The predicted molar refractivity (Wildman–Crippen MR) is 83.1 cm³/mol. The molecular formula is C17H24S. The SMILES string of the molecule is CCCCCCCCC#Cc1ccccc1SC. The number of benzene rings is 1. The molecule has 0 nitrogen and oxygen atoms in total. The molecule has 0 saturated carbocycles. The van der Waals surface area contributed by atoms with Crippen LogP contribution in [0.1, 0.15) is 57.4 Å². The second-order valence-corrected chi connectivity index (χ2v) is 5.37. The normalized spacial score (nSPS) is 9.89. The van der Waals surface area contributed by atoms with Gasteiger partial charge in [-0.25, -0.2) is 0 Å². The lowest BCUT2D eigenvalue weighted by Crippen LogP contribution is -1.80. The average molecular weight is 260 g/mol. The molecule has 0 saturated heterocycles. The minimum absolute atomic E-state index is 1.04. The summed E-state index contributed by atoms with van der Waals surface area (Å²) >= 11 is 1.77. The number of hydrogen-bond acceptors (Lipinski definition) is 1. The summed E-state index contributed by atoms with van der Waals surface area (Å²) in [5, 5.41) is 0. The molecule has 1 rings (SSSR count). The van der Waals surface area contributed by atoms with Gasteiger partial charge in [0.2, 0.25) is 0 Å².